The number of rotatable bonds is 5. The highest BCUT2D eigenvalue weighted by Gasteiger charge is 2.13. The van der Waals surface area contributed by atoms with Crippen LogP contribution in [0.3, 0.4) is 0 Å². The maximum absolute atomic E-state index is 11.6. The Hall–Kier alpha value is -2.70. The van der Waals surface area contributed by atoms with Gasteiger partial charge in [0.2, 0.25) is 0 Å². The first-order valence-corrected chi connectivity index (χ1v) is 6.51. The topological polar surface area (TPSA) is 94.3 Å². The molecular weight excluding hydrogens is 274 g/mol. The summed E-state index contributed by atoms with van der Waals surface area (Å²) in [5, 5.41) is 13.1. The van der Waals surface area contributed by atoms with Crippen molar-refractivity contribution in [3.63, 3.8) is 0 Å². The summed E-state index contributed by atoms with van der Waals surface area (Å²) < 4.78 is 6.24. The lowest BCUT2D eigenvalue weighted by Gasteiger charge is -2.05. The first-order valence-electron chi connectivity index (χ1n) is 6.51. The van der Waals surface area contributed by atoms with Crippen molar-refractivity contribution in [3.05, 3.63) is 41.3 Å². The van der Waals surface area contributed by atoms with Gasteiger partial charge in [-0.25, -0.2) is 19.3 Å². The molecule has 0 aliphatic rings. The molecule has 2 aromatic rings. The number of pyridine rings is 1. The number of aromatic nitrogens is 3. The van der Waals surface area contributed by atoms with Gasteiger partial charge in [-0.15, -0.1) is 0 Å². The van der Waals surface area contributed by atoms with E-state index in [2.05, 4.69) is 10.1 Å². The Balaban J connectivity index is 2.39. The molecule has 0 bridgehead atoms. The zero-order valence-electron chi connectivity index (χ0n) is 11.7. The zero-order chi connectivity index (χ0) is 15.4. The molecule has 0 saturated carbocycles. The Labute approximate surface area is 121 Å². The standard InChI is InChI=1S/C14H15N3O4/c1-3-11-5-9(13(18)19)6-12(16-11)17-8-10(7-15-17)14(20)21-4-2/h5-8H,3-4H2,1-2H3,(H,18,19). The van der Waals surface area contributed by atoms with Gasteiger partial charge in [-0.2, -0.15) is 5.10 Å². The van der Waals surface area contributed by atoms with E-state index in [0.717, 1.165) is 0 Å². The number of esters is 1. The van der Waals surface area contributed by atoms with Crippen LogP contribution in [0.15, 0.2) is 24.5 Å². The van der Waals surface area contributed by atoms with Crippen molar-refractivity contribution in [3.8, 4) is 5.82 Å². The molecule has 0 saturated heterocycles. The monoisotopic (exact) mass is 289 g/mol. The minimum absolute atomic E-state index is 0.130. The summed E-state index contributed by atoms with van der Waals surface area (Å²) >= 11 is 0. The molecular formula is C14H15N3O4. The van der Waals surface area contributed by atoms with Gasteiger partial charge in [-0.1, -0.05) is 6.92 Å². The summed E-state index contributed by atoms with van der Waals surface area (Å²) in [5.74, 6) is -1.16. The predicted octanol–water partition coefficient (Wildman–Crippen LogP) is 1.70. The quantitative estimate of drug-likeness (QED) is 0.842. The van der Waals surface area contributed by atoms with Gasteiger partial charge in [-0.05, 0) is 25.5 Å². The number of carbonyl (C=O) groups is 2. The van der Waals surface area contributed by atoms with Crippen molar-refractivity contribution in [1.29, 1.82) is 0 Å². The van der Waals surface area contributed by atoms with Crippen LogP contribution in [0.25, 0.3) is 5.82 Å². The molecule has 0 aliphatic heterocycles. The first kappa shape index (κ1) is 14.7. The molecule has 2 aromatic heterocycles. The van der Waals surface area contributed by atoms with Crippen LogP contribution >= 0.6 is 0 Å². The van der Waals surface area contributed by atoms with E-state index in [-0.39, 0.29) is 17.7 Å². The van der Waals surface area contributed by atoms with Gasteiger partial charge in [0.1, 0.15) is 0 Å². The van der Waals surface area contributed by atoms with Gasteiger partial charge in [0.25, 0.3) is 0 Å². The Morgan fingerprint density at radius 3 is 2.67 bits per heavy atom. The van der Waals surface area contributed by atoms with Crippen LogP contribution in [-0.4, -0.2) is 38.4 Å². The van der Waals surface area contributed by atoms with E-state index in [1.165, 1.54) is 29.2 Å². The normalized spacial score (nSPS) is 10.4. The molecule has 0 spiro atoms. The number of carboxylic acid groups (broad SMARTS) is 1. The maximum Gasteiger partial charge on any atom is 0.341 e. The third-order valence-electron chi connectivity index (χ3n) is 2.80. The van der Waals surface area contributed by atoms with Crippen LogP contribution in [-0.2, 0) is 11.2 Å². The second-order valence-corrected chi connectivity index (χ2v) is 4.26. The van der Waals surface area contributed by atoms with Crippen LogP contribution in [0.5, 0.6) is 0 Å². The lowest BCUT2D eigenvalue weighted by molar-refractivity contribution is 0.0525. The van der Waals surface area contributed by atoms with Crippen molar-refractivity contribution < 1.29 is 19.4 Å². The molecule has 21 heavy (non-hydrogen) atoms. The van der Waals surface area contributed by atoms with Gasteiger partial charge < -0.3 is 9.84 Å². The van der Waals surface area contributed by atoms with Crippen molar-refractivity contribution in [1.82, 2.24) is 14.8 Å². The van der Waals surface area contributed by atoms with Crippen molar-refractivity contribution in [2.45, 2.75) is 20.3 Å². The van der Waals surface area contributed by atoms with Gasteiger partial charge in [0.15, 0.2) is 5.82 Å². The summed E-state index contributed by atoms with van der Waals surface area (Å²) in [6.45, 7) is 3.87. The third-order valence-corrected chi connectivity index (χ3v) is 2.80. The number of nitrogens with zero attached hydrogens (tertiary/aromatic N) is 3. The lowest BCUT2D eigenvalue weighted by Crippen LogP contribution is -2.06. The number of carbonyl (C=O) groups excluding carboxylic acids is 1. The van der Waals surface area contributed by atoms with Crippen LogP contribution in [0.1, 0.15) is 40.3 Å². The summed E-state index contributed by atoms with van der Waals surface area (Å²) in [7, 11) is 0. The Bertz CT molecular complexity index is 679. The highest BCUT2D eigenvalue weighted by Crippen LogP contribution is 2.12. The second kappa shape index (κ2) is 6.17. The number of hydrogen-bond acceptors (Lipinski definition) is 5. The Morgan fingerprint density at radius 1 is 1.29 bits per heavy atom. The number of aromatic carboxylic acids is 1. The van der Waals surface area contributed by atoms with Gasteiger partial charge in [-0.3, -0.25) is 0 Å². The third kappa shape index (κ3) is 3.25. The highest BCUT2D eigenvalue weighted by atomic mass is 16.5. The van der Waals surface area contributed by atoms with E-state index in [1.807, 2.05) is 6.92 Å². The molecule has 0 aliphatic carbocycles. The minimum atomic E-state index is -1.04. The fraction of sp³-hybridized carbons (Fsp3) is 0.286. The first-order chi connectivity index (χ1) is 10.0. The number of hydrogen-bond donors (Lipinski definition) is 1. The second-order valence-electron chi connectivity index (χ2n) is 4.26. The van der Waals surface area contributed by atoms with Gasteiger partial charge in [0.05, 0.1) is 23.9 Å². The Morgan fingerprint density at radius 2 is 2.05 bits per heavy atom. The maximum atomic E-state index is 11.6. The number of carboxylic acids is 1. The molecule has 2 rings (SSSR count). The molecule has 0 radical (unpaired) electrons. The van der Waals surface area contributed by atoms with Crippen LogP contribution in [0.4, 0.5) is 0 Å². The van der Waals surface area contributed by atoms with Crippen LogP contribution in [0.2, 0.25) is 0 Å². The fourth-order valence-electron chi connectivity index (χ4n) is 1.76. The number of ether oxygens (including phenoxy) is 1. The van der Waals surface area contributed by atoms with Gasteiger partial charge in [0, 0.05) is 11.9 Å². The molecule has 0 fully saturated rings. The summed E-state index contributed by atoms with van der Waals surface area (Å²) in [5.41, 5.74) is 1.06. The van der Waals surface area contributed by atoms with Crippen molar-refractivity contribution in [2.24, 2.45) is 0 Å². The highest BCUT2D eigenvalue weighted by molar-refractivity contribution is 5.89. The van der Waals surface area contributed by atoms with E-state index in [1.54, 1.807) is 6.92 Å². The smallest absolute Gasteiger partial charge is 0.341 e. The van der Waals surface area contributed by atoms with E-state index in [0.29, 0.717) is 17.9 Å². The zero-order valence-corrected chi connectivity index (χ0v) is 11.7. The van der Waals surface area contributed by atoms with E-state index in [9.17, 15) is 9.59 Å². The van der Waals surface area contributed by atoms with Crippen LogP contribution < -0.4 is 0 Å². The molecule has 0 unspecified atom stereocenters. The molecule has 0 atom stereocenters. The largest absolute Gasteiger partial charge is 0.478 e. The van der Waals surface area contributed by atoms with Crippen molar-refractivity contribution >= 4 is 11.9 Å². The minimum Gasteiger partial charge on any atom is -0.478 e. The molecule has 7 nitrogen and oxygen atoms in total. The van der Waals surface area contributed by atoms with E-state index in [4.69, 9.17) is 9.84 Å². The van der Waals surface area contributed by atoms with E-state index >= 15 is 0 Å². The molecule has 0 amide bonds. The summed E-state index contributed by atoms with van der Waals surface area (Å²) in [6.07, 6.45) is 3.42. The lowest BCUT2D eigenvalue weighted by atomic mass is 10.2. The molecule has 1 N–H and O–H groups in total. The molecule has 110 valence electrons. The molecule has 7 heteroatoms. The van der Waals surface area contributed by atoms with Crippen LogP contribution in [0, 0.1) is 0 Å². The molecule has 0 aromatic carbocycles. The van der Waals surface area contributed by atoms with Gasteiger partial charge >= 0.3 is 11.9 Å². The summed E-state index contributed by atoms with van der Waals surface area (Å²) in [4.78, 5) is 27.0. The fourth-order valence-corrected chi connectivity index (χ4v) is 1.76. The Kier molecular flexibility index (Phi) is 4.32. The molecule has 2 heterocycles. The number of aryl methyl sites for hydroxylation is 1. The predicted molar refractivity (Wildman–Crippen MR) is 73.7 cm³/mol. The average Bonchev–Trinajstić information content (AvgIpc) is 2.97. The average molecular weight is 289 g/mol. The van der Waals surface area contributed by atoms with Crippen molar-refractivity contribution in [2.75, 3.05) is 6.61 Å². The summed E-state index contributed by atoms with van der Waals surface area (Å²) in [6, 6.07) is 2.92. The van der Waals surface area contributed by atoms with E-state index < -0.39 is 11.9 Å². The SMILES string of the molecule is CCOC(=O)c1cnn(-c2cc(C(=O)O)cc(CC)n2)c1.